The zero-order valence-electron chi connectivity index (χ0n) is 18.5. The molecule has 10 nitrogen and oxygen atoms in total. The van der Waals surface area contributed by atoms with E-state index in [-0.39, 0.29) is 45.7 Å². The first-order valence-electron chi connectivity index (χ1n) is 11.0. The fourth-order valence-corrected chi connectivity index (χ4v) is 5.26. The summed E-state index contributed by atoms with van der Waals surface area (Å²) in [7, 11) is 0. The highest BCUT2D eigenvalue weighted by Gasteiger charge is 2.59. The molecule has 0 unspecified atom stereocenters. The van der Waals surface area contributed by atoms with E-state index in [0.29, 0.717) is 0 Å². The lowest BCUT2D eigenvalue weighted by molar-refractivity contribution is -0.385. The molecular formula is C24H18ClFN4O6. The number of nitrogens with one attached hydrogen (secondary N) is 1. The third-order valence-electron chi connectivity index (χ3n) is 6.47. The maximum absolute atomic E-state index is 13.3. The molecule has 0 radical (unpaired) electrons. The summed E-state index contributed by atoms with van der Waals surface area (Å²) in [5.74, 6) is -3.13. The number of imide groups is 1. The van der Waals surface area contributed by atoms with Crippen LogP contribution in [0.25, 0.3) is 0 Å². The number of allylic oxidation sites excluding steroid dienone is 2. The Bertz CT molecular complexity index is 1330. The summed E-state index contributed by atoms with van der Waals surface area (Å²) >= 11 is 6.19. The monoisotopic (exact) mass is 512 g/mol. The Morgan fingerprint density at radius 2 is 1.92 bits per heavy atom. The van der Waals surface area contributed by atoms with Crippen LogP contribution in [0.2, 0.25) is 5.02 Å². The van der Waals surface area contributed by atoms with Crippen molar-refractivity contribution in [3.8, 4) is 5.75 Å². The molecule has 12 heteroatoms. The molecule has 4 atom stereocenters. The number of hydrazone groups is 1. The predicted octanol–water partition coefficient (Wildman–Crippen LogP) is 3.55. The number of halogens is 2. The van der Waals surface area contributed by atoms with Crippen LogP contribution in [0.15, 0.2) is 53.7 Å². The van der Waals surface area contributed by atoms with Gasteiger partial charge < -0.3 is 10.1 Å². The first-order chi connectivity index (χ1) is 17.2. The number of nitro groups is 1. The summed E-state index contributed by atoms with van der Waals surface area (Å²) < 4.78 is 18.6. The number of carbonyl (C=O) groups excluding carboxylic acids is 3. The van der Waals surface area contributed by atoms with Crippen LogP contribution in [0.5, 0.6) is 5.75 Å². The van der Waals surface area contributed by atoms with Crippen LogP contribution < -0.4 is 10.1 Å². The maximum atomic E-state index is 13.3. The Kier molecular flexibility index (Phi) is 6.00. The number of hydrogen-bond donors (Lipinski definition) is 1. The average Bonchev–Trinajstić information content (AvgIpc) is 3.50. The van der Waals surface area contributed by atoms with Crippen molar-refractivity contribution in [2.75, 3.05) is 11.9 Å². The summed E-state index contributed by atoms with van der Waals surface area (Å²) in [5, 5.41) is 18.7. The van der Waals surface area contributed by atoms with Crippen molar-refractivity contribution < 1.29 is 28.4 Å². The van der Waals surface area contributed by atoms with Gasteiger partial charge in [-0.15, -0.1) is 0 Å². The van der Waals surface area contributed by atoms with E-state index < -0.39 is 40.8 Å². The Balaban J connectivity index is 1.30. The number of anilines is 1. The normalized spacial score (nSPS) is 24.0. The lowest BCUT2D eigenvalue weighted by Crippen LogP contribution is -2.28. The Morgan fingerprint density at radius 1 is 1.22 bits per heavy atom. The predicted molar refractivity (Wildman–Crippen MR) is 126 cm³/mol. The highest BCUT2D eigenvalue weighted by atomic mass is 35.5. The highest BCUT2D eigenvalue weighted by Crippen LogP contribution is 2.52. The van der Waals surface area contributed by atoms with E-state index in [0.717, 1.165) is 29.8 Å². The Hall–Kier alpha value is -4.12. The van der Waals surface area contributed by atoms with Gasteiger partial charge in [0, 0.05) is 17.3 Å². The highest BCUT2D eigenvalue weighted by molar-refractivity contribution is 6.32. The summed E-state index contributed by atoms with van der Waals surface area (Å²) in [5.41, 5.74) is -0.197. The molecule has 2 aromatic carbocycles. The van der Waals surface area contributed by atoms with Crippen LogP contribution in [0, 0.1) is 39.6 Å². The number of benzene rings is 2. The van der Waals surface area contributed by atoms with Gasteiger partial charge in [0.1, 0.15) is 5.82 Å². The molecule has 0 aromatic heterocycles. The van der Waals surface area contributed by atoms with Crippen LogP contribution in [0.1, 0.15) is 12.0 Å². The third-order valence-corrected chi connectivity index (χ3v) is 6.75. The number of nitrogens with zero attached hydrogens (tertiary/aromatic N) is 3. The second-order valence-corrected chi connectivity index (χ2v) is 9.10. The van der Waals surface area contributed by atoms with Gasteiger partial charge >= 0.3 is 5.69 Å². The van der Waals surface area contributed by atoms with Crippen LogP contribution in [-0.2, 0) is 14.4 Å². The number of hydrogen-bond acceptors (Lipinski definition) is 7. The summed E-state index contributed by atoms with van der Waals surface area (Å²) in [6, 6.07) is 7.59. The van der Waals surface area contributed by atoms with Crippen LogP contribution in [0.3, 0.4) is 0 Å². The molecule has 0 spiro atoms. The standard InChI is InChI=1S/C24H18ClFN4O6/c25-17-6-12(10-27-29-23(32)20-13-4-5-14(8-13)21(20)24(29)33)7-18(30(34)35)22(17)36-11-19(31)28-16-3-1-2-15(26)9-16/h1-7,9-10,13-14,20-21H,8,11H2,(H,28,31)/t13-,14-,20-,21+/m0/s1. The molecule has 1 aliphatic heterocycles. The topological polar surface area (TPSA) is 131 Å². The third kappa shape index (κ3) is 4.22. The molecule has 3 amide bonds. The molecule has 36 heavy (non-hydrogen) atoms. The molecule has 1 heterocycles. The first kappa shape index (κ1) is 23.6. The van der Waals surface area contributed by atoms with E-state index in [1.54, 1.807) is 0 Å². The second kappa shape index (κ2) is 9.15. The number of rotatable bonds is 7. The quantitative estimate of drug-likeness (QED) is 0.198. The number of fused-ring (bicyclic) bond motifs is 5. The van der Waals surface area contributed by atoms with Crippen molar-refractivity contribution in [1.29, 1.82) is 0 Å². The molecule has 1 N–H and O–H groups in total. The fraction of sp³-hybridized carbons (Fsp3) is 0.250. The number of amides is 3. The lowest BCUT2D eigenvalue weighted by atomic mass is 9.85. The summed E-state index contributed by atoms with van der Waals surface area (Å²) in [6.45, 7) is -0.625. The minimum absolute atomic E-state index is 0.0294. The molecule has 2 aliphatic carbocycles. The molecule has 184 valence electrons. The van der Waals surface area contributed by atoms with Crippen LogP contribution >= 0.6 is 11.6 Å². The van der Waals surface area contributed by atoms with E-state index in [4.69, 9.17) is 16.3 Å². The van der Waals surface area contributed by atoms with Gasteiger partial charge in [0.05, 0.1) is 28.0 Å². The van der Waals surface area contributed by atoms with Crippen molar-refractivity contribution in [2.45, 2.75) is 6.42 Å². The van der Waals surface area contributed by atoms with Gasteiger partial charge in [0.15, 0.2) is 6.61 Å². The van der Waals surface area contributed by atoms with E-state index in [2.05, 4.69) is 10.4 Å². The molecule has 2 bridgehead atoms. The molecule has 5 rings (SSSR count). The van der Waals surface area contributed by atoms with Crippen molar-refractivity contribution in [3.05, 3.63) is 75.1 Å². The number of nitro benzene ring substituents is 1. The lowest BCUT2D eigenvalue weighted by Gasteiger charge is -2.13. The van der Waals surface area contributed by atoms with Crippen molar-refractivity contribution >= 4 is 46.9 Å². The number of carbonyl (C=O) groups is 3. The average molecular weight is 513 g/mol. The molecule has 2 aromatic rings. The van der Waals surface area contributed by atoms with Gasteiger partial charge in [-0.2, -0.15) is 10.1 Å². The van der Waals surface area contributed by atoms with E-state index in [1.807, 2.05) is 12.2 Å². The second-order valence-electron chi connectivity index (χ2n) is 8.69. The molecule has 3 aliphatic rings. The fourth-order valence-electron chi connectivity index (χ4n) is 4.98. The molecular weight excluding hydrogens is 495 g/mol. The Labute approximate surface area is 208 Å². The van der Waals surface area contributed by atoms with Crippen molar-refractivity contribution in [1.82, 2.24) is 5.01 Å². The summed E-state index contributed by atoms with van der Waals surface area (Å²) in [6.07, 6.45) is 5.86. The van der Waals surface area contributed by atoms with Gasteiger partial charge in [-0.1, -0.05) is 29.8 Å². The largest absolute Gasteiger partial charge is 0.476 e. The molecule has 1 saturated carbocycles. The summed E-state index contributed by atoms with van der Waals surface area (Å²) in [4.78, 5) is 48.5. The van der Waals surface area contributed by atoms with Crippen LogP contribution in [0.4, 0.5) is 15.8 Å². The number of ether oxygens (including phenoxy) is 1. The zero-order chi connectivity index (χ0) is 25.6. The van der Waals surface area contributed by atoms with Gasteiger partial charge in [-0.3, -0.25) is 24.5 Å². The zero-order valence-corrected chi connectivity index (χ0v) is 19.2. The van der Waals surface area contributed by atoms with Gasteiger partial charge in [0.2, 0.25) is 5.75 Å². The van der Waals surface area contributed by atoms with Crippen LogP contribution in [-0.4, -0.2) is 40.5 Å². The minimum Gasteiger partial charge on any atom is -0.476 e. The minimum atomic E-state index is -0.747. The SMILES string of the molecule is O=C(COc1c(Cl)cc(C=NN2C(=O)[C@@H]3[C@H](C2=O)[C@H]2C=C[C@H]3C2)cc1[N+](=O)[O-])Nc1cccc(F)c1. The molecule has 2 fully saturated rings. The molecule has 1 saturated heterocycles. The van der Waals surface area contributed by atoms with Gasteiger partial charge in [-0.25, -0.2) is 4.39 Å². The van der Waals surface area contributed by atoms with E-state index >= 15 is 0 Å². The smallest absolute Gasteiger partial charge is 0.313 e. The first-order valence-corrected chi connectivity index (χ1v) is 11.4. The Morgan fingerprint density at radius 3 is 2.56 bits per heavy atom. The van der Waals surface area contributed by atoms with Gasteiger partial charge in [0.25, 0.3) is 17.7 Å². The maximum Gasteiger partial charge on any atom is 0.313 e. The van der Waals surface area contributed by atoms with Gasteiger partial charge in [-0.05, 0) is 42.5 Å². The van der Waals surface area contributed by atoms with Crippen molar-refractivity contribution in [2.24, 2.45) is 28.8 Å². The van der Waals surface area contributed by atoms with E-state index in [9.17, 15) is 28.9 Å². The van der Waals surface area contributed by atoms with Crippen molar-refractivity contribution in [3.63, 3.8) is 0 Å². The van der Waals surface area contributed by atoms with E-state index in [1.165, 1.54) is 24.3 Å².